The number of carbonyl (C=O) groups is 2. The number of hydrogen-bond donors (Lipinski definition) is 1. The number of aryl methyl sites for hydroxylation is 1. The maximum Gasteiger partial charge on any atom is 0.277 e. The Balaban J connectivity index is 1.72. The van der Waals surface area contributed by atoms with Gasteiger partial charge in [-0.05, 0) is 43.5 Å². The Kier molecular flexibility index (Phi) is 4.35. The van der Waals surface area contributed by atoms with Crippen molar-refractivity contribution in [3.05, 3.63) is 59.8 Å². The number of pyridine rings is 2. The number of nitrogens with one attached hydrogen (secondary N) is 1. The van der Waals surface area contributed by atoms with Crippen molar-refractivity contribution < 1.29 is 9.59 Å². The van der Waals surface area contributed by atoms with E-state index in [4.69, 9.17) is 0 Å². The molecule has 4 rings (SSSR count). The zero-order valence-electron chi connectivity index (χ0n) is 15.3. The molecule has 0 radical (unpaired) electrons. The molecule has 27 heavy (non-hydrogen) atoms. The molecule has 1 saturated heterocycles. The topological polar surface area (TPSA) is 79.6 Å². The molecule has 4 heterocycles. The van der Waals surface area contributed by atoms with Crippen LogP contribution in [0.5, 0.6) is 0 Å². The lowest BCUT2D eigenvalue weighted by molar-refractivity contribution is -0.129. The number of likely N-dealkylation sites (tertiary alicyclic amines) is 1. The average Bonchev–Trinajstić information content (AvgIpc) is 3.28. The van der Waals surface area contributed by atoms with Crippen LogP contribution in [0.4, 0.5) is 5.82 Å². The molecular formula is C20H21N5O2. The maximum atomic E-state index is 12.8. The summed E-state index contributed by atoms with van der Waals surface area (Å²) in [5.41, 5.74) is 2.07. The van der Waals surface area contributed by atoms with Crippen LogP contribution < -0.4 is 5.32 Å². The molecule has 0 unspecified atom stereocenters. The molecule has 0 saturated carbocycles. The Bertz CT molecular complexity index is 1010. The second-order valence-corrected chi connectivity index (χ2v) is 6.82. The molecule has 7 heteroatoms. The van der Waals surface area contributed by atoms with Crippen LogP contribution in [0.2, 0.25) is 0 Å². The molecule has 7 nitrogen and oxygen atoms in total. The molecule has 3 aromatic rings. The van der Waals surface area contributed by atoms with Gasteiger partial charge in [-0.15, -0.1) is 0 Å². The van der Waals surface area contributed by atoms with Crippen LogP contribution >= 0.6 is 0 Å². The van der Waals surface area contributed by atoms with Crippen molar-refractivity contribution in [1.82, 2.24) is 19.3 Å². The Labute approximate surface area is 157 Å². The first kappa shape index (κ1) is 17.2. The van der Waals surface area contributed by atoms with E-state index in [1.165, 1.54) is 0 Å². The van der Waals surface area contributed by atoms with E-state index in [0.717, 1.165) is 30.8 Å². The molecule has 0 aliphatic carbocycles. The van der Waals surface area contributed by atoms with Crippen LogP contribution in [-0.2, 0) is 4.79 Å². The lowest BCUT2D eigenvalue weighted by Crippen LogP contribution is -2.29. The highest BCUT2D eigenvalue weighted by atomic mass is 16.2. The minimum atomic E-state index is -0.311. The van der Waals surface area contributed by atoms with Crippen LogP contribution in [-0.4, -0.2) is 37.6 Å². The van der Waals surface area contributed by atoms with E-state index in [2.05, 4.69) is 15.3 Å². The van der Waals surface area contributed by atoms with E-state index < -0.39 is 0 Å². The van der Waals surface area contributed by atoms with Gasteiger partial charge in [0.05, 0.1) is 11.6 Å². The zero-order chi connectivity index (χ0) is 19.0. The number of amides is 2. The van der Waals surface area contributed by atoms with Crippen molar-refractivity contribution in [2.24, 2.45) is 0 Å². The number of hydrogen-bond acceptors (Lipinski definition) is 4. The molecule has 3 aromatic heterocycles. The third-order valence-electron chi connectivity index (χ3n) is 4.90. The van der Waals surface area contributed by atoms with Crippen molar-refractivity contribution in [2.45, 2.75) is 32.7 Å². The molecule has 2 amide bonds. The fraction of sp³-hybridized carbons (Fsp3) is 0.300. The van der Waals surface area contributed by atoms with E-state index in [9.17, 15) is 9.59 Å². The molecule has 138 valence electrons. The van der Waals surface area contributed by atoms with Gasteiger partial charge in [0.1, 0.15) is 11.6 Å². The predicted molar refractivity (Wildman–Crippen MR) is 101 cm³/mol. The van der Waals surface area contributed by atoms with Gasteiger partial charge in [-0.3, -0.25) is 9.59 Å². The standard InChI is InChI=1S/C20H21N5O2/c1-13-8-9-17(21-12-13)22-20(27)18-15-6-3-4-10-25(15)19(23-18)16-7-5-11-24(16)14(2)26/h3-4,6,8-10,12,16H,5,7,11H2,1-2H3,(H,21,22,27)/t16-/m1/s1. The van der Waals surface area contributed by atoms with Gasteiger partial charge in [-0.1, -0.05) is 12.1 Å². The van der Waals surface area contributed by atoms with Crippen molar-refractivity contribution in [1.29, 1.82) is 0 Å². The van der Waals surface area contributed by atoms with Gasteiger partial charge in [0.2, 0.25) is 5.91 Å². The summed E-state index contributed by atoms with van der Waals surface area (Å²) in [6, 6.07) is 9.18. The summed E-state index contributed by atoms with van der Waals surface area (Å²) >= 11 is 0. The van der Waals surface area contributed by atoms with Crippen LogP contribution in [0.1, 0.15) is 47.7 Å². The predicted octanol–water partition coefficient (Wildman–Crippen LogP) is 2.97. The van der Waals surface area contributed by atoms with Gasteiger partial charge in [0.25, 0.3) is 5.91 Å². The quantitative estimate of drug-likeness (QED) is 0.776. The van der Waals surface area contributed by atoms with E-state index in [0.29, 0.717) is 17.0 Å². The molecule has 1 aliphatic heterocycles. The van der Waals surface area contributed by atoms with Crippen LogP contribution in [0, 0.1) is 6.92 Å². The largest absolute Gasteiger partial charge is 0.333 e. The summed E-state index contributed by atoms with van der Waals surface area (Å²) in [7, 11) is 0. The van der Waals surface area contributed by atoms with E-state index in [-0.39, 0.29) is 17.9 Å². The van der Waals surface area contributed by atoms with Crippen LogP contribution in [0.25, 0.3) is 5.52 Å². The number of anilines is 1. The third-order valence-corrected chi connectivity index (χ3v) is 4.90. The summed E-state index contributed by atoms with van der Waals surface area (Å²) in [6.07, 6.45) is 5.36. The first-order valence-electron chi connectivity index (χ1n) is 9.03. The third kappa shape index (κ3) is 3.16. The molecule has 1 fully saturated rings. The zero-order valence-corrected chi connectivity index (χ0v) is 15.3. The average molecular weight is 363 g/mol. The van der Waals surface area contributed by atoms with Gasteiger partial charge < -0.3 is 14.6 Å². The number of carbonyl (C=O) groups excluding carboxylic acids is 2. The van der Waals surface area contributed by atoms with Crippen molar-refractivity contribution in [3.8, 4) is 0 Å². The second-order valence-electron chi connectivity index (χ2n) is 6.82. The number of nitrogens with zero attached hydrogens (tertiary/aromatic N) is 4. The lowest BCUT2D eigenvalue weighted by Gasteiger charge is -2.22. The summed E-state index contributed by atoms with van der Waals surface area (Å²) < 4.78 is 1.91. The fourth-order valence-electron chi connectivity index (χ4n) is 3.59. The van der Waals surface area contributed by atoms with Gasteiger partial charge in [0.15, 0.2) is 5.69 Å². The Morgan fingerprint density at radius 3 is 2.81 bits per heavy atom. The first-order chi connectivity index (χ1) is 13.0. The molecule has 1 aliphatic rings. The van der Waals surface area contributed by atoms with E-state index >= 15 is 0 Å². The summed E-state index contributed by atoms with van der Waals surface area (Å²) in [5, 5.41) is 2.81. The highest BCUT2D eigenvalue weighted by Gasteiger charge is 2.32. The Morgan fingerprint density at radius 1 is 1.22 bits per heavy atom. The van der Waals surface area contributed by atoms with Gasteiger partial charge in [-0.25, -0.2) is 9.97 Å². The van der Waals surface area contributed by atoms with Crippen molar-refractivity contribution in [3.63, 3.8) is 0 Å². The molecule has 1 atom stereocenters. The number of imidazole rings is 1. The lowest BCUT2D eigenvalue weighted by atomic mass is 10.2. The van der Waals surface area contributed by atoms with Crippen LogP contribution in [0.15, 0.2) is 42.7 Å². The second kappa shape index (κ2) is 6.83. The Hall–Kier alpha value is -3.22. The molecular weight excluding hydrogens is 342 g/mol. The highest BCUT2D eigenvalue weighted by molar-refractivity contribution is 6.07. The van der Waals surface area contributed by atoms with E-state index in [1.807, 2.05) is 46.7 Å². The normalized spacial score (nSPS) is 16.7. The van der Waals surface area contributed by atoms with Gasteiger partial charge in [-0.2, -0.15) is 0 Å². The highest BCUT2D eigenvalue weighted by Crippen LogP contribution is 2.32. The van der Waals surface area contributed by atoms with Gasteiger partial charge in [0, 0.05) is 25.9 Å². The van der Waals surface area contributed by atoms with Gasteiger partial charge >= 0.3 is 0 Å². The Morgan fingerprint density at radius 2 is 2.07 bits per heavy atom. The molecule has 0 spiro atoms. The maximum absolute atomic E-state index is 12.8. The van der Waals surface area contributed by atoms with E-state index in [1.54, 1.807) is 19.2 Å². The van der Waals surface area contributed by atoms with Crippen molar-refractivity contribution in [2.75, 3.05) is 11.9 Å². The number of fused-ring (bicyclic) bond motifs is 1. The minimum Gasteiger partial charge on any atom is -0.333 e. The first-order valence-corrected chi connectivity index (χ1v) is 9.03. The number of aromatic nitrogens is 3. The minimum absolute atomic E-state index is 0.0278. The molecule has 0 aromatic carbocycles. The summed E-state index contributed by atoms with van der Waals surface area (Å²) in [4.78, 5) is 35.5. The molecule has 1 N–H and O–H groups in total. The fourth-order valence-corrected chi connectivity index (χ4v) is 3.59. The summed E-state index contributed by atoms with van der Waals surface area (Å²) in [5.74, 6) is 0.921. The summed E-state index contributed by atoms with van der Waals surface area (Å²) in [6.45, 7) is 4.23. The van der Waals surface area contributed by atoms with Crippen LogP contribution in [0.3, 0.4) is 0 Å². The monoisotopic (exact) mass is 363 g/mol. The number of rotatable bonds is 3. The van der Waals surface area contributed by atoms with Crippen molar-refractivity contribution >= 4 is 23.1 Å². The SMILES string of the molecule is CC(=O)N1CCC[C@@H]1c1nc(C(=O)Nc2ccc(C)cn2)c2ccccn12. The smallest absolute Gasteiger partial charge is 0.277 e. The molecule has 0 bridgehead atoms.